The average molecular weight is 679 g/mol. The van der Waals surface area contributed by atoms with E-state index in [4.69, 9.17) is 0 Å². The fourth-order valence-corrected chi connectivity index (χ4v) is 8.52. The first-order valence-corrected chi connectivity index (χ1v) is 18.4. The van der Waals surface area contributed by atoms with E-state index in [1.54, 1.807) is 0 Å². The van der Waals surface area contributed by atoms with Gasteiger partial charge >= 0.3 is 0 Å². The third-order valence-electron chi connectivity index (χ3n) is 11.2. The van der Waals surface area contributed by atoms with Gasteiger partial charge in [0, 0.05) is 38.9 Å². The van der Waals surface area contributed by atoms with Gasteiger partial charge in [0.05, 0.1) is 11.0 Å². The van der Waals surface area contributed by atoms with Crippen LogP contribution >= 0.6 is 0 Å². The maximum Gasteiger partial charge on any atom is 0.0561 e. The quantitative estimate of drug-likeness (QED) is 0.170. The highest BCUT2D eigenvalue weighted by Crippen LogP contribution is 2.51. The summed E-state index contributed by atoms with van der Waals surface area (Å²) in [5.74, 6) is 0. The molecule has 53 heavy (non-hydrogen) atoms. The monoisotopic (exact) mass is 678 g/mol. The summed E-state index contributed by atoms with van der Waals surface area (Å²) in [5.41, 5.74) is 17.1. The van der Waals surface area contributed by atoms with Gasteiger partial charge in [0.1, 0.15) is 0 Å². The van der Waals surface area contributed by atoms with Crippen molar-refractivity contribution < 1.29 is 0 Å². The van der Waals surface area contributed by atoms with Crippen LogP contribution in [0, 0.1) is 0 Å². The van der Waals surface area contributed by atoms with Crippen LogP contribution in [0.2, 0.25) is 0 Å². The number of para-hydroxylation sites is 2. The van der Waals surface area contributed by atoms with Gasteiger partial charge in [-0.05, 0) is 99.1 Å². The number of aromatic nitrogens is 1. The molecule has 0 amide bonds. The standard InChI is InChI=1S/C51H38N2/c1-51(2)47-19-11-9-17-43(47)44-31-29-41(33-48(44)51)52(39-15-7-4-8-16-39)42-30-32-46-45-18-10-12-20-49(45)53(50(46)34-42)40-27-25-38(26-28-40)37-23-21-36(22-24-37)35-13-5-3-6-14-35/h3-34H,1-2H3. The summed E-state index contributed by atoms with van der Waals surface area (Å²) in [6, 6.07) is 70.8. The lowest BCUT2D eigenvalue weighted by atomic mass is 9.82. The van der Waals surface area contributed by atoms with Crippen molar-refractivity contribution in [2.24, 2.45) is 0 Å². The normalized spacial score (nSPS) is 12.9. The molecular formula is C51H38N2. The molecule has 1 heterocycles. The topological polar surface area (TPSA) is 8.17 Å². The minimum atomic E-state index is -0.0865. The van der Waals surface area contributed by atoms with E-state index < -0.39 is 0 Å². The van der Waals surface area contributed by atoms with Gasteiger partial charge in [-0.3, -0.25) is 0 Å². The third-order valence-corrected chi connectivity index (χ3v) is 11.2. The molecule has 8 aromatic carbocycles. The van der Waals surface area contributed by atoms with Gasteiger partial charge in [0.15, 0.2) is 0 Å². The Morgan fingerprint density at radius 2 is 0.906 bits per heavy atom. The first kappa shape index (κ1) is 31.1. The molecule has 2 heteroatoms. The van der Waals surface area contributed by atoms with Gasteiger partial charge in [0.25, 0.3) is 0 Å². The van der Waals surface area contributed by atoms with Crippen LogP contribution < -0.4 is 4.90 Å². The fraction of sp³-hybridized carbons (Fsp3) is 0.0588. The highest BCUT2D eigenvalue weighted by atomic mass is 15.1. The molecule has 9 aromatic rings. The van der Waals surface area contributed by atoms with Crippen molar-refractivity contribution in [1.29, 1.82) is 0 Å². The van der Waals surface area contributed by atoms with Crippen molar-refractivity contribution in [3.63, 3.8) is 0 Å². The van der Waals surface area contributed by atoms with Crippen LogP contribution in [0.3, 0.4) is 0 Å². The molecule has 0 fully saturated rings. The Hall–Kier alpha value is -6.64. The molecule has 0 saturated heterocycles. The number of hydrogen-bond donors (Lipinski definition) is 0. The van der Waals surface area contributed by atoms with E-state index in [0.29, 0.717) is 0 Å². The van der Waals surface area contributed by atoms with E-state index in [-0.39, 0.29) is 5.41 Å². The second kappa shape index (κ2) is 12.3. The first-order valence-electron chi connectivity index (χ1n) is 18.4. The van der Waals surface area contributed by atoms with E-state index in [1.807, 2.05) is 0 Å². The highest BCUT2D eigenvalue weighted by Gasteiger charge is 2.35. The Bertz CT molecular complexity index is 2770. The maximum atomic E-state index is 2.42. The summed E-state index contributed by atoms with van der Waals surface area (Å²) in [4.78, 5) is 2.41. The molecule has 0 spiro atoms. The highest BCUT2D eigenvalue weighted by molar-refractivity contribution is 6.10. The predicted octanol–water partition coefficient (Wildman–Crippen LogP) is 13.9. The Balaban J connectivity index is 1.09. The summed E-state index contributed by atoms with van der Waals surface area (Å²) >= 11 is 0. The molecule has 10 rings (SSSR count). The van der Waals surface area contributed by atoms with Crippen molar-refractivity contribution in [3.8, 4) is 39.1 Å². The van der Waals surface area contributed by atoms with Crippen LogP contribution in [0.15, 0.2) is 194 Å². The zero-order valence-electron chi connectivity index (χ0n) is 29.9. The molecule has 0 aliphatic heterocycles. The van der Waals surface area contributed by atoms with Crippen LogP contribution in [0.4, 0.5) is 17.1 Å². The predicted molar refractivity (Wildman–Crippen MR) is 224 cm³/mol. The Morgan fingerprint density at radius 1 is 0.377 bits per heavy atom. The van der Waals surface area contributed by atoms with Gasteiger partial charge < -0.3 is 9.47 Å². The molecule has 252 valence electrons. The minimum absolute atomic E-state index is 0.0865. The Kier molecular flexibility index (Phi) is 7.19. The van der Waals surface area contributed by atoms with Crippen LogP contribution in [-0.4, -0.2) is 4.57 Å². The summed E-state index contributed by atoms with van der Waals surface area (Å²) in [6.07, 6.45) is 0. The second-order valence-electron chi connectivity index (χ2n) is 14.6. The molecule has 1 aliphatic carbocycles. The van der Waals surface area contributed by atoms with Gasteiger partial charge in [-0.15, -0.1) is 0 Å². The molecule has 0 bridgehead atoms. The largest absolute Gasteiger partial charge is 0.310 e. The fourth-order valence-electron chi connectivity index (χ4n) is 8.52. The zero-order valence-corrected chi connectivity index (χ0v) is 29.9. The number of fused-ring (bicyclic) bond motifs is 6. The van der Waals surface area contributed by atoms with E-state index >= 15 is 0 Å². The van der Waals surface area contributed by atoms with Crippen LogP contribution in [0.5, 0.6) is 0 Å². The number of anilines is 3. The number of nitrogens with zero attached hydrogens (tertiary/aromatic N) is 2. The van der Waals surface area contributed by atoms with Gasteiger partial charge in [0.2, 0.25) is 0 Å². The molecule has 0 atom stereocenters. The third kappa shape index (κ3) is 5.10. The second-order valence-corrected chi connectivity index (χ2v) is 14.6. The van der Waals surface area contributed by atoms with Gasteiger partial charge in [-0.2, -0.15) is 0 Å². The average Bonchev–Trinajstić information content (AvgIpc) is 3.67. The molecule has 0 unspecified atom stereocenters. The Morgan fingerprint density at radius 3 is 1.64 bits per heavy atom. The van der Waals surface area contributed by atoms with Crippen LogP contribution in [0.25, 0.3) is 60.9 Å². The van der Waals surface area contributed by atoms with Crippen molar-refractivity contribution in [2.45, 2.75) is 19.3 Å². The molecule has 2 nitrogen and oxygen atoms in total. The number of benzene rings is 8. The SMILES string of the molecule is CC1(C)c2ccccc2-c2ccc(N(c3ccccc3)c3ccc4c5ccccc5n(-c5ccc(-c6ccc(-c7ccccc7)cc6)cc5)c4c3)cc21. The molecule has 1 aliphatic rings. The van der Waals surface area contributed by atoms with Crippen molar-refractivity contribution in [1.82, 2.24) is 4.57 Å². The maximum absolute atomic E-state index is 2.42. The van der Waals surface area contributed by atoms with Crippen LogP contribution in [-0.2, 0) is 5.41 Å². The molecule has 0 N–H and O–H groups in total. The summed E-state index contributed by atoms with van der Waals surface area (Å²) in [7, 11) is 0. The minimum Gasteiger partial charge on any atom is -0.310 e. The summed E-state index contributed by atoms with van der Waals surface area (Å²) < 4.78 is 2.42. The smallest absolute Gasteiger partial charge is 0.0561 e. The van der Waals surface area contributed by atoms with Crippen molar-refractivity contribution >= 4 is 38.9 Å². The van der Waals surface area contributed by atoms with E-state index in [1.165, 1.54) is 66.3 Å². The molecule has 0 radical (unpaired) electrons. The number of hydrogen-bond acceptors (Lipinski definition) is 1. The van der Waals surface area contributed by atoms with E-state index in [9.17, 15) is 0 Å². The van der Waals surface area contributed by atoms with Gasteiger partial charge in [-0.25, -0.2) is 0 Å². The van der Waals surface area contributed by atoms with E-state index in [2.05, 4.69) is 217 Å². The van der Waals surface area contributed by atoms with Gasteiger partial charge in [-0.1, -0.05) is 153 Å². The molecular weight excluding hydrogens is 641 g/mol. The molecule has 0 saturated carbocycles. The summed E-state index contributed by atoms with van der Waals surface area (Å²) in [6.45, 7) is 4.70. The lowest BCUT2D eigenvalue weighted by Gasteiger charge is -2.28. The lowest BCUT2D eigenvalue weighted by Crippen LogP contribution is -2.16. The Labute approximate surface area is 310 Å². The van der Waals surface area contributed by atoms with Crippen LogP contribution in [0.1, 0.15) is 25.0 Å². The van der Waals surface area contributed by atoms with Crippen molar-refractivity contribution in [2.75, 3.05) is 4.90 Å². The lowest BCUT2D eigenvalue weighted by molar-refractivity contribution is 0.660. The molecule has 1 aromatic heterocycles. The summed E-state index contributed by atoms with van der Waals surface area (Å²) in [5, 5.41) is 2.49. The zero-order chi connectivity index (χ0) is 35.5. The van der Waals surface area contributed by atoms with Crippen molar-refractivity contribution in [3.05, 3.63) is 205 Å². The number of rotatable bonds is 6. The van der Waals surface area contributed by atoms with E-state index in [0.717, 1.165) is 22.7 Å². The first-order chi connectivity index (χ1) is 26.0.